The summed E-state index contributed by atoms with van der Waals surface area (Å²) in [4.78, 5) is 11.1. The summed E-state index contributed by atoms with van der Waals surface area (Å²) in [6, 6.07) is 4.93. The SMILES string of the molecule is CCC(CC)CNc1c(N)cccc1C(=O)O. The van der Waals surface area contributed by atoms with Crippen LogP contribution >= 0.6 is 0 Å². The van der Waals surface area contributed by atoms with E-state index in [1.165, 1.54) is 0 Å². The normalized spacial score (nSPS) is 10.5. The number of hydrogen-bond acceptors (Lipinski definition) is 3. The summed E-state index contributed by atoms with van der Waals surface area (Å²) in [6.45, 7) is 5.01. The van der Waals surface area contributed by atoms with E-state index in [0.29, 0.717) is 17.3 Å². The second kappa shape index (κ2) is 6.13. The highest BCUT2D eigenvalue weighted by Crippen LogP contribution is 2.24. The van der Waals surface area contributed by atoms with Crippen LogP contribution in [-0.2, 0) is 0 Å². The van der Waals surface area contributed by atoms with Crippen molar-refractivity contribution in [3.63, 3.8) is 0 Å². The molecule has 0 fully saturated rings. The molecular weight excluding hydrogens is 216 g/mol. The van der Waals surface area contributed by atoms with Gasteiger partial charge in [-0.05, 0) is 18.1 Å². The van der Waals surface area contributed by atoms with E-state index in [1.807, 2.05) is 0 Å². The van der Waals surface area contributed by atoms with E-state index < -0.39 is 5.97 Å². The van der Waals surface area contributed by atoms with Crippen LogP contribution in [0.5, 0.6) is 0 Å². The van der Waals surface area contributed by atoms with Crippen LogP contribution in [0.25, 0.3) is 0 Å². The first-order valence-electron chi connectivity index (χ1n) is 5.95. The number of nitrogens with two attached hydrogens (primary N) is 1. The van der Waals surface area contributed by atoms with Gasteiger partial charge < -0.3 is 16.2 Å². The number of rotatable bonds is 6. The van der Waals surface area contributed by atoms with Crippen molar-refractivity contribution in [2.24, 2.45) is 5.92 Å². The fourth-order valence-electron chi connectivity index (χ4n) is 1.77. The summed E-state index contributed by atoms with van der Waals surface area (Å²) in [6.07, 6.45) is 2.14. The maximum atomic E-state index is 11.1. The van der Waals surface area contributed by atoms with Gasteiger partial charge in [0.05, 0.1) is 16.9 Å². The van der Waals surface area contributed by atoms with Crippen molar-refractivity contribution in [1.29, 1.82) is 0 Å². The molecule has 0 atom stereocenters. The predicted octanol–water partition coefficient (Wildman–Crippen LogP) is 2.82. The van der Waals surface area contributed by atoms with Crippen LogP contribution in [0.15, 0.2) is 18.2 Å². The van der Waals surface area contributed by atoms with Gasteiger partial charge in [0.1, 0.15) is 0 Å². The van der Waals surface area contributed by atoms with Gasteiger partial charge in [0.2, 0.25) is 0 Å². The quantitative estimate of drug-likeness (QED) is 0.664. The molecule has 0 spiro atoms. The van der Waals surface area contributed by atoms with Gasteiger partial charge in [-0.1, -0.05) is 32.8 Å². The van der Waals surface area contributed by atoms with Gasteiger partial charge in [0, 0.05) is 6.54 Å². The van der Waals surface area contributed by atoms with Crippen LogP contribution < -0.4 is 11.1 Å². The summed E-state index contributed by atoms with van der Waals surface area (Å²) in [7, 11) is 0. The molecule has 4 N–H and O–H groups in total. The van der Waals surface area contributed by atoms with Crippen LogP contribution in [0.1, 0.15) is 37.0 Å². The first-order valence-corrected chi connectivity index (χ1v) is 5.95. The number of nitrogen functional groups attached to an aromatic ring is 1. The largest absolute Gasteiger partial charge is 0.478 e. The molecule has 17 heavy (non-hydrogen) atoms. The number of benzene rings is 1. The summed E-state index contributed by atoms with van der Waals surface area (Å²) < 4.78 is 0. The van der Waals surface area contributed by atoms with Crippen molar-refractivity contribution in [2.75, 3.05) is 17.6 Å². The Bertz CT molecular complexity index is 387. The Balaban J connectivity index is 2.85. The number of carboxylic acid groups (broad SMARTS) is 1. The summed E-state index contributed by atoms with van der Waals surface area (Å²) in [5, 5.41) is 12.2. The molecule has 1 rings (SSSR count). The number of carboxylic acids is 1. The monoisotopic (exact) mass is 236 g/mol. The van der Waals surface area contributed by atoms with Gasteiger partial charge >= 0.3 is 5.97 Å². The van der Waals surface area contributed by atoms with Crippen molar-refractivity contribution in [1.82, 2.24) is 0 Å². The zero-order chi connectivity index (χ0) is 12.8. The topological polar surface area (TPSA) is 75.3 Å². The third-order valence-electron chi connectivity index (χ3n) is 3.05. The first kappa shape index (κ1) is 13.4. The second-order valence-corrected chi connectivity index (χ2v) is 4.14. The average molecular weight is 236 g/mol. The van der Waals surface area contributed by atoms with Gasteiger partial charge in [-0.25, -0.2) is 4.79 Å². The minimum atomic E-state index is -0.954. The van der Waals surface area contributed by atoms with Gasteiger partial charge in [0.25, 0.3) is 0 Å². The predicted molar refractivity (Wildman–Crippen MR) is 70.4 cm³/mol. The molecule has 94 valence electrons. The molecule has 0 unspecified atom stereocenters. The summed E-state index contributed by atoms with van der Waals surface area (Å²) >= 11 is 0. The number of carbonyl (C=O) groups is 1. The molecule has 1 aromatic carbocycles. The van der Waals surface area contributed by atoms with E-state index >= 15 is 0 Å². The van der Waals surface area contributed by atoms with Crippen molar-refractivity contribution < 1.29 is 9.90 Å². The molecule has 0 radical (unpaired) electrons. The minimum absolute atomic E-state index is 0.232. The average Bonchev–Trinajstić information content (AvgIpc) is 2.31. The molecule has 0 aliphatic rings. The number of nitrogens with one attached hydrogen (secondary N) is 1. The molecule has 0 aromatic heterocycles. The Morgan fingerprint density at radius 1 is 1.41 bits per heavy atom. The van der Waals surface area contributed by atoms with Crippen LogP contribution in [0.4, 0.5) is 11.4 Å². The number of para-hydroxylation sites is 1. The Kier molecular flexibility index (Phi) is 4.82. The molecule has 0 aliphatic heterocycles. The highest BCUT2D eigenvalue weighted by Gasteiger charge is 2.13. The maximum Gasteiger partial charge on any atom is 0.337 e. The fraction of sp³-hybridized carbons (Fsp3) is 0.462. The zero-order valence-corrected chi connectivity index (χ0v) is 10.4. The summed E-state index contributed by atoms with van der Waals surface area (Å²) in [5.74, 6) is -0.416. The molecule has 1 aromatic rings. The summed E-state index contributed by atoms with van der Waals surface area (Å²) in [5.41, 5.74) is 7.05. The number of anilines is 2. The highest BCUT2D eigenvalue weighted by atomic mass is 16.4. The molecule has 0 amide bonds. The van der Waals surface area contributed by atoms with Crippen LogP contribution in [-0.4, -0.2) is 17.6 Å². The minimum Gasteiger partial charge on any atom is -0.478 e. The van der Waals surface area contributed by atoms with Crippen molar-refractivity contribution >= 4 is 17.3 Å². The molecule has 0 aliphatic carbocycles. The molecule has 0 heterocycles. The molecule has 4 heteroatoms. The third kappa shape index (κ3) is 3.37. The first-order chi connectivity index (χ1) is 8.10. The Morgan fingerprint density at radius 2 is 2.06 bits per heavy atom. The van der Waals surface area contributed by atoms with Crippen LogP contribution in [0.3, 0.4) is 0 Å². The molecule has 4 nitrogen and oxygen atoms in total. The molecule has 0 saturated heterocycles. The van der Waals surface area contributed by atoms with Crippen molar-refractivity contribution in [2.45, 2.75) is 26.7 Å². The van der Waals surface area contributed by atoms with E-state index in [9.17, 15) is 4.79 Å². The maximum absolute atomic E-state index is 11.1. The van der Waals surface area contributed by atoms with Crippen molar-refractivity contribution in [3.8, 4) is 0 Å². The lowest BCUT2D eigenvalue weighted by molar-refractivity contribution is 0.0698. The highest BCUT2D eigenvalue weighted by molar-refractivity contribution is 5.97. The lowest BCUT2D eigenvalue weighted by Crippen LogP contribution is -2.16. The molecular formula is C13H20N2O2. The van der Waals surface area contributed by atoms with Gasteiger partial charge in [-0.15, -0.1) is 0 Å². The fourth-order valence-corrected chi connectivity index (χ4v) is 1.77. The van der Waals surface area contributed by atoms with Crippen LogP contribution in [0.2, 0.25) is 0 Å². The van der Waals surface area contributed by atoms with E-state index in [1.54, 1.807) is 18.2 Å². The molecule has 0 bridgehead atoms. The lowest BCUT2D eigenvalue weighted by Gasteiger charge is -2.17. The Hall–Kier alpha value is -1.71. The molecule has 0 saturated carbocycles. The van der Waals surface area contributed by atoms with Gasteiger partial charge in [-0.3, -0.25) is 0 Å². The number of aromatic carboxylic acids is 1. The van der Waals surface area contributed by atoms with E-state index in [2.05, 4.69) is 19.2 Å². The smallest absolute Gasteiger partial charge is 0.337 e. The lowest BCUT2D eigenvalue weighted by atomic mass is 10.0. The Morgan fingerprint density at radius 3 is 2.59 bits per heavy atom. The van der Waals surface area contributed by atoms with Crippen molar-refractivity contribution in [3.05, 3.63) is 23.8 Å². The van der Waals surface area contributed by atoms with E-state index in [4.69, 9.17) is 10.8 Å². The van der Waals surface area contributed by atoms with Gasteiger partial charge in [-0.2, -0.15) is 0 Å². The van der Waals surface area contributed by atoms with Crippen LogP contribution in [0, 0.1) is 5.92 Å². The third-order valence-corrected chi connectivity index (χ3v) is 3.05. The zero-order valence-electron chi connectivity index (χ0n) is 10.4. The number of hydrogen-bond donors (Lipinski definition) is 3. The van der Waals surface area contributed by atoms with E-state index in [0.717, 1.165) is 19.4 Å². The standard InChI is InChI=1S/C13H20N2O2/c1-3-9(4-2)8-15-12-10(13(16)17)6-5-7-11(12)14/h5-7,9,15H,3-4,8,14H2,1-2H3,(H,16,17). The Labute approximate surface area is 102 Å². The van der Waals surface area contributed by atoms with Gasteiger partial charge in [0.15, 0.2) is 0 Å². The second-order valence-electron chi connectivity index (χ2n) is 4.14. The van der Waals surface area contributed by atoms with E-state index in [-0.39, 0.29) is 5.56 Å².